The average molecular weight is 346 g/mol. The van der Waals surface area contributed by atoms with E-state index in [2.05, 4.69) is 10.3 Å². The summed E-state index contributed by atoms with van der Waals surface area (Å²) in [6, 6.07) is 0. The van der Waals surface area contributed by atoms with Gasteiger partial charge in [-0.05, 0) is 14.1 Å². The van der Waals surface area contributed by atoms with Gasteiger partial charge in [0.25, 0.3) is 10.2 Å². The Morgan fingerprint density at radius 1 is 1.30 bits per heavy atom. The fourth-order valence-corrected chi connectivity index (χ4v) is 3.71. The molecule has 1 aliphatic heterocycles. The molecule has 132 valence electrons. The average Bonchev–Trinajstić information content (AvgIpc) is 2.84. The van der Waals surface area contributed by atoms with Crippen molar-refractivity contribution in [3.63, 3.8) is 0 Å². The van der Waals surface area contributed by atoms with Crippen LogP contribution < -0.4 is 0 Å². The topological polar surface area (TPSA) is 83.8 Å². The molecule has 0 amide bonds. The lowest BCUT2D eigenvalue weighted by atomic mass is 10.0. The Balaban J connectivity index is 2.14. The van der Waals surface area contributed by atoms with Gasteiger partial charge in [0.1, 0.15) is 5.69 Å². The molecular formula is C13H26N6O3S. The van der Waals surface area contributed by atoms with Crippen LogP contribution in [0.25, 0.3) is 0 Å². The summed E-state index contributed by atoms with van der Waals surface area (Å²) in [5.74, 6) is -0.0735. The van der Waals surface area contributed by atoms with E-state index in [0.29, 0.717) is 25.5 Å². The Morgan fingerprint density at radius 3 is 2.61 bits per heavy atom. The second kappa shape index (κ2) is 7.22. The molecule has 2 heterocycles. The van der Waals surface area contributed by atoms with E-state index >= 15 is 0 Å². The summed E-state index contributed by atoms with van der Waals surface area (Å²) in [6.45, 7) is 2.49. The monoisotopic (exact) mass is 346 g/mol. The third-order valence-corrected chi connectivity index (χ3v) is 5.72. The maximum absolute atomic E-state index is 12.4. The Hall–Kier alpha value is -1.07. The molecule has 0 bridgehead atoms. The van der Waals surface area contributed by atoms with Crippen molar-refractivity contribution in [2.45, 2.75) is 12.5 Å². The fraction of sp³-hybridized carbons (Fsp3) is 0.846. The van der Waals surface area contributed by atoms with Crippen LogP contribution in [0.2, 0.25) is 0 Å². The molecular weight excluding hydrogens is 320 g/mol. The molecule has 1 unspecified atom stereocenters. The fourth-order valence-electron chi connectivity index (χ4n) is 2.59. The van der Waals surface area contributed by atoms with Crippen LogP contribution >= 0.6 is 0 Å². The van der Waals surface area contributed by atoms with Crippen molar-refractivity contribution in [1.82, 2.24) is 28.5 Å². The van der Waals surface area contributed by atoms with Gasteiger partial charge < -0.3 is 9.64 Å². The largest absolute Gasteiger partial charge is 0.379 e. The number of hydrogen-bond donors (Lipinski definition) is 0. The predicted octanol–water partition coefficient (Wildman–Crippen LogP) is -0.901. The number of ether oxygens (including phenoxy) is 1. The Morgan fingerprint density at radius 2 is 2.00 bits per heavy atom. The van der Waals surface area contributed by atoms with Crippen LogP contribution in [0.1, 0.15) is 17.3 Å². The second-order valence-corrected chi connectivity index (χ2v) is 8.35. The van der Waals surface area contributed by atoms with Gasteiger partial charge in [-0.15, -0.1) is 5.10 Å². The van der Waals surface area contributed by atoms with Gasteiger partial charge in [0, 0.05) is 40.2 Å². The van der Waals surface area contributed by atoms with E-state index in [1.807, 2.05) is 26.0 Å². The molecule has 1 aliphatic rings. The summed E-state index contributed by atoms with van der Waals surface area (Å²) in [5.41, 5.74) is 1.66. The first kappa shape index (κ1) is 18.3. The van der Waals surface area contributed by atoms with Gasteiger partial charge in [-0.1, -0.05) is 5.21 Å². The van der Waals surface area contributed by atoms with Crippen LogP contribution in [0.15, 0.2) is 0 Å². The van der Waals surface area contributed by atoms with Crippen molar-refractivity contribution in [1.29, 1.82) is 0 Å². The number of aryl methyl sites for hydroxylation is 1. The van der Waals surface area contributed by atoms with Crippen LogP contribution in [0.5, 0.6) is 0 Å². The minimum atomic E-state index is -3.48. The van der Waals surface area contributed by atoms with Crippen LogP contribution in [0, 0.1) is 0 Å². The molecule has 23 heavy (non-hydrogen) atoms. The summed E-state index contributed by atoms with van der Waals surface area (Å²) in [4.78, 5) is 2.04. The number of fused-ring (bicyclic) bond motifs is 1. The Labute approximate surface area is 138 Å². The molecule has 0 saturated carbocycles. The summed E-state index contributed by atoms with van der Waals surface area (Å²) in [6.07, 6.45) is 0. The first-order valence-corrected chi connectivity index (χ1v) is 8.91. The van der Waals surface area contributed by atoms with Crippen molar-refractivity contribution < 1.29 is 13.2 Å². The Bertz CT molecular complexity index is 628. The molecule has 1 atom stereocenters. The maximum atomic E-state index is 12.4. The van der Waals surface area contributed by atoms with Crippen LogP contribution in [0.3, 0.4) is 0 Å². The molecule has 0 saturated heterocycles. The molecule has 0 fully saturated rings. The van der Waals surface area contributed by atoms with Gasteiger partial charge >= 0.3 is 0 Å². The molecule has 10 heteroatoms. The third-order valence-electron chi connectivity index (χ3n) is 3.87. The number of likely N-dealkylation sites (N-methyl/N-ethyl adjacent to an activating group) is 1. The summed E-state index contributed by atoms with van der Waals surface area (Å²) in [7, 11) is 5.38. The summed E-state index contributed by atoms with van der Waals surface area (Å²) in [5, 5.41) is 8.14. The van der Waals surface area contributed by atoms with Crippen LogP contribution in [-0.2, 0) is 28.5 Å². The van der Waals surface area contributed by atoms with E-state index < -0.39 is 10.2 Å². The molecule has 0 spiro atoms. The first-order chi connectivity index (χ1) is 10.7. The smallest absolute Gasteiger partial charge is 0.281 e. The second-order valence-electron chi connectivity index (χ2n) is 6.20. The van der Waals surface area contributed by atoms with E-state index in [9.17, 15) is 8.42 Å². The van der Waals surface area contributed by atoms with Crippen molar-refractivity contribution in [3.8, 4) is 0 Å². The lowest BCUT2D eigenvalue weighted by Crippen LogP contribution is -2.45. The van der Waals surface area contributed by atoms with Crippen molar-refractivity contribution >= 4 is 10.2 Å². The molecule has 0 aliphatic carbocycles. The van der Waals surface area contributed by atoms with Gasteiger partial charge in [0.15, 0.2) is 0 Å². The number of hydrogen-bond acceptors (Lipinski definition) is 6. The quantitative estimate of drug-likeness (QED) is 0.595. The summed E-state index contributed by atoms with van der Waals surface area (Å²) < 4.78 is 34.9. The number of nitrogens with zero attached hydrogens (tertiary/aromatic N) is 6. The first-order valence-electron chi connectivity index (χ1n) is 7.52. The zero-order chi connectivity index (χ0) is 17.2. The third kappa shape index (κ3) is 4.07. The van der Waals surface area contributed by atoms with Crippen molar-refractivity contribution in [3.05, 3.63) is 11.4 Å². The Kier molecular flexibility index (Phi) is 5.74. The standard InChI is InChI=1S/C13H26N6O3S/c1-16(2)6-7-22-10-11-8-19(23(20,21)17(3)4)9-12-13(11)18(5)15-14-12/h11H,6-10H2,1-5H3. The van der Waals surface area contributed by atoms with Gasteiger partial charge in [0.05, 0.1) is 25.5 Å². The van der Waals surface area contributed by atoms with E-state index in [4.69, 9.17) is 4.74 Å². The lowest BCUT2D eigenvalue weighted by Gasteiger charge is -2.32. The van der Waals surface area contributed by atoms with E-state index in [-0.39, 0.29) is 12.5 Å². The molecule has 0 aromatic carbocycles. The highest BCUT2D eigenvalue weighted by Crippen LogP contribution is 2.28. The van der Waals surface area contributed by atoms with Crippen molar-refractivity contribution in [2.75, 3.05) is 54.5 Å². The van der Waals surface area contributed by atoms with Crippen LogP contribution in [0.4, 0.5) is 0 Å². The molecule has 2 rings (SSSR count). The number of rotatable bonds is 7. The van der Waals surface area contributed by atoms with E-state index in [1.165, 1.54) is 22.7 Å². The van der Waals surface area contributed by atoms with E-state index in [1.54, 1.807) is 4.68 Å². The number of aromatic nitrogens is 3. The van der Waals surface area contributed by atoms with Gasteiger partial charge in [0.2, 0.25) is 0 Å². The van der Waals surface area contributed by atoms with Crippen molar-refractivity contribution in [2.24, 2.45) is 7.05 Å². The maximum Gasteiger partial charge on any atom is 0.281 e. The zero-order valence-corrected chi connectivity index (χ0v) is 15.2. The molecule has 0 radical (unpaired) electrons. The van der Waals surface area contributed by atoms with Gasteiger partial charge in [-0.25, -0.2) is 0 Å². The highest BCUT2D eigenvalue weighted by molar-refractivity contribution is 7.86. The predicted molar refractivity (Wildman–Crippen MR) is 86.1 cm³/mol. The minimum absolute atomic E-state index is 0.0735. The molecule has 0 N–H and O–H groups in total. The molecule has 1 aromatic heterocycles. The lowest BCUT2D eigenvalue weighted by molar-refractivity contribution is 0.0948. The minimum Gasteiger partial charge on any atom is -0.379 e. The SMILES string of the molecule is CN(C)CCOCC1CN(S(=O)(=O)N(C)C)Cc2nnn(C)c21. The zero-order valence-electron chi connectivity index (χ0n) is 14.4. The summed E-state index contributed by atoms with van der Waals surface area (Å²) >= 11 is 0. The highest BCUT2D eigenvalue weighted by Gasteiger charge is 2.36. The normalized spacial score (nSPS) is 19.5. The van der Waals surface area contributed by atoms with Crippen LogP contribution in [-0.4, -0.2) is 91.4 Å². The van der Waals surface area contributed by atoms with Gasteiger partial charge in [-0.2, -0.15) is 17.0 Å². The molecule has 1 aromatic rings. The van der Waals surface area contributed by atoms with Gasteiger partial charge in [-0.3, -0.25) is 4.68 Å². The van der Waals surface area contributed by atoms with E-state index in [0.717, 1.165) is 12.2 Å². The highest BCUT2D eigenvalue weighted by atomic mass is 32.2. The molecule has 9 nitrogen and oxygen atoms in total.